The number of carbonyl (C=O) groups excluding carboxylic acids is 1. The molecule has 0 spiro atoms. The minimum Gasteiger partial charge on any atom is -0.360 e. The van der Waals surface area contributed by atoms with Crippen molar-refractivity contribution in [1.82, 2.24) is 30.1 Å². The molecule has 0 saturated heterocycles. The molecule has 1 aliphatic rings. The Hall–Kier alpha value is -2.59. The molecule has 0 bridgehead atoms. The highest BCUT2D eigenvalue weighted by atomic mass is 32.2. The van der Waals surface area contributed by atoms with Crippen LogP contribution in [-0.4, -0.2) is 51.9 Å². The van der Waals surface area contributed by atoms with Gasteiger partial charge in [0, 0.05) is 37.0 Å². The third-order valence-corrected chi connectivity index (χ3v) is 5.01. The Bertz CT molecular complexity index is 922. The van der Waals surface area contributed by atoms with Gasteiger partial charge in [-0.2, -0.15) is 0 Å². The smallest absolute Gasteiger partial charge is 0.273 e. The van der Waals surface area contributed by atoms with Gasteiger partial charge in [-0.3, -0.25) is 9.52 Å². The van der Waals surface area contributed by atoms with E-state index >= 15 is 0 Å². The molecule has 3 aromatic rings. The minimum absolute atomic E-state index is 0.206. The Kier molecular flexibility index (Phi) is 4.76. The van der Waals surface area contributed by atoms with Gasteiger partial charge in [-0.1, -0.05) is 17.1 Å². The fraction of sp³-hybridized carbons (Fsp3) is 0.375. The summed E-state index contributed by atoms with van der Waals surface area (Å²) in [4.78, 5) is 26.3. The van der Waals surface area contributed by atoms with E-state index in [0.717, 1.165) is 40.5 Å². The number of anilines is 1. The quantitative estimate of drug-likeness (QED) is 0.435. The molecule has 4 heterocycles. The largest absolute Gasteiger partial charge is 0.360 e. The summed E-state index contributed by atoms with van der Waals surface area (Å²) < 4.78 is 8.37. The Morgan fingerprint density at radius 2 is 2.38 bits per heavy atom. The summed E-state index contributed by atoms with van der Waals surface area (Å²) in [6.07, 6.45) is 4.07. The molecule has 0 aromatic carbocycles. The second-order valence-corrected chi connectivity index (χ2v) is 6.96. The predicted octanol–water partition coefficient (Wildman–Crippen LogP) is 1.11. The number of aromatic amines is 1. The number of hydrogen-bond donors (Lipinski definition) is 3. The van der Waals surface area contributed by atoms with Gasteiger partial charge in [0.25, 0.3) is 5.91 Å². The van der Waals surface area contributed by atoms with Crippen LogP contribution in [0.1, 0.15) is 21.8 Å². The van der Waals surface area contributed by atoms with Crippen LogP contribution >= 0.6 is 11.9 Å². The van der Waals surface area contributed by atoms with Gasteiger partial charge in [0.2, 0.25) is 0 Å². The highest BCUT2D eigenvalue weighted by Gasteiger charge is 2.28. The van der Waals surface area contributed by atoms with Gasteiger partial charge in [0.15, 0.2) is 5.69 Å². The first-order valence-electron chi connectivity index (χ1n) is 8.35. The van der Waals surface area contributed by atoms with Gasteiger partial charge < -0.3 is 19.7 Å². The van der Waals surface area contributed by atoms with Gasteiger partial charge in [0.05, 0.1) is 11.9 Å². The molecular formula is C16H19N7O2S. The molecule has 1 aliphatic heterocycles. The van der Waals surface area contributed by atoms with Crippen LogP contribution in [0.2, 0.25) is 0 Å². The maximum absolute atomic E-state index is 12.4. The third kappa shape index (κ3) is 3.13. The fourth-order valence-electron chi connectivity index (χ4n) is 3.08. The normalized spacial score (nSPS) is 13.8. The summed E-state index contributed by atoms with van der Waals surface area (Å²) in [6, 6.07) is 1.96. The molecule has 0 fully saturated rings. The van der Waals surface area contributed by atoms with Gasteiger partial charge in [0.1, 0.15) is 23.6 Å². The number of H-pyrrole nitrogens is 1. The molecule has 0 atom stereocenters. The molecule has 26 heavy (non-hydrogen) atoms. The monoisotopic (exact) mass is 373 g/mol. The summed E-state index contributed by atoms with van der Waals surface area (Å²) >= 11 is 1.54. The van der Waals surface area contributed by atoms with Crippen molar-refractivity contribution < 1.29 is 9.32 Å². The Balaban J connectivity index is 1.54. The van der Waals surface area contributed by atoms with E-state index < -0.39 is 0 Å². The summed E-state index contributed by atoms with van der Waals surface area (Å²) in [5.74, 6) is 2.19. The third-order valence-electron chi connectivity index (χ3n) is 4.31. The standard InChI is InChI=1S/C16H19N7O2S/c1-17-26-7-5-19-16(24)13-11-8-23(6-3-12(11)25-22-13)15-10-2-4-18-14(10)20-9-21-15/h2,4,9,17H,3,5-8H2,1H3,(H,19,24)(H,18,20,21). The first-order chi connectivity index (χ1) is 12.8. The van der Waals surface area contributed by atoms with E-state index in [1.54, 1.807) is 18.3 Å². The molecule has 3 aromatic heterocycles. The first kappa shape index (κ1) is 16.9. The molecule has 10 heteroatoms. The van der Waals surface area contributed by atoms with E-state index in [1.807, 2.05) is 19.3 Å². The zero-order chi connectivity index (χ0) is 17.9. The lowest BCUT2D eigenvalue weighted by atomic mass is 10.1. The van der Waals surface area contributed by atoms with Gasteiger partial charge >= 0.3 is 0 Å². The van der Waals surface area contributed by atoms with Crippen LogP contribution in [-0.2, 0) is 13.0 Å². The molecule has 1 amide bonds. The van der Waals surface area contributed by atoms with Crippen molar-refractivity contribution >= 4 is 34.7 Å². The fourth-order valence-corrected chi connectivity index (χ4v) is 3.49. The van der Waals surface area contributed by atoms with E-state index in [-0.39, 0.29) is 5.91 Å². The van der Waals surface area contributed by atoms with Gasteiger partial charge in [-0.25, -0.2) is 9.97 Å². The van der Waals surface area contributed by atoms with Crippen molar-refractivity contribution in [3.63, 3.8) is 0 Å². The van der Waals surface area contributed by atoms with Crippen LogP contribution in [0.15, 0.2) is 23.1 Å². The topological polar surface area (TPSA) is 112 Å². The van der Waals surface area contributed by atoms with Crippen molar-refractivity contribution in [3.05, 3.63) is 35.6 Å². The summed E-state index contributed by atoms with van der Waals surface area (Å²) in [6.45, 7) is 1.84. The summed E-state index contributed by atoms with van der Waals surface area (Å²) in [7, 11) is 1.85. The van der Waals surface area contributed by atoms with Crippen molar-refractivity contribution in [2.45, 2.75) is 13.0 Å². The van der Waals surface area contributed by atoms with Crippen LogP contribution in [0.5, 0.6) is 0 Å². The molecule has 0 unspecified atom stereocenters. The van der Waals surface area contributed by atoms with Gasteiger partial charge in [-0.05, 0) is 13.1 Å². The summed E-state index contributed by atoms with van der Waals surface area (Å²) in [5, 5.41) is 7.84. The lowest BCUT2D eigenvalue weighted by molar-refractivity contribution is 0.0946. The van der Waals surface area contributed by atoms with Crippen molar-refractivity contribution in [3.8, 4) is 0 Å². The molecule has 3 N–H and O–H groups in total. The van der Waals surface area contributed by atoms with E-state index in [1.165, 1.54) is 0 Å². The molecule has 0 radical (unpaired) electrons. The zero-order valence-corrected chi connectivity index (χ0v) is 15.1. The average molecular weight is 373 g/mol. The highest BCUT2D eigenvalue weighted by Crippen LogP contribution is 2.29. The van der Waals surface area contributed by atoms with Crippen LogP contribution in [0, 0.1) is 0 Å². The number of nitrogens with one attached hydrogen (secondary N) is 3. The van der Waals surface area contributed by atoms with Crippen LogP contribution in [0.25, 0.3) is 11.0 Å². The zero-order valence-electron chi connectivity index (χ0n) is 14.3. The first-order valence-corrected chi connectivity index (χ1v) is 9.33. The number of aromatic nitrogens is 4. The number of amides is 1. The van der Waals surface area contributed by atoms with Gasteiger partial charge in [-0.15, -0.1) is 0 Å². The van der Waals surface area contributed by atoms with E-state index in [4.69, 9.17) is 4.52 Å². The van der Waals surface area contributed by atoms with Crippen molar-refractivity contribution in [2.75, 3.05) is 30.8 Å². The lowest BCUT2D eigenvalue weighted by Crippen LogP contribution is -2.33. The highest BCUT2D eigenvalue weighted by molar-refractivity contribution is 7.97. The Labute approximate surface area is 154 Å². The summed E-state index contributed by atoms with van der Waals surface area (Å²) in [5.41, 5.74) is 1.99. The second-order valence-electron chi connectivity index (χ2n) is 5.85. The maximum Gasteiger partial charge on any atom is 0.273 e. The number of fused-ring (bicyclic) bond motifs is 2. The van der Waals surface area contributed by atoms with E-state index in [0.29, 0.717) is 25.2 Å². The number of nitrogens with zero attached hydrogens (tertiary/aromatic N) is 4. The second kappa shape index (κ2) is 7.34. The van der Waals surface area contributed by atoms with Crippen LogP contribution in [0.4, 0.5) is 5.82 Å². The van der Waals surface area contributed by atoms with Crippen molar-refractivity contribution in [2.24, 2.45) is 0 Å². The lowest BCUT2D eigenvalue weighted by Gasteiger charge is -2.27. The molecular weight excluding hydrogens is 354 g/mol. The Morgan fingerprint density at radius 3 is 3.27 bits per heavy atom. The van der Waals surface area contributed by atoms with E-state index in [9.17, 15) is 4.79 Å². The van der Waals surface area contributed by atoms with Crippen molar-refractivity contribution in [1.29, 1.82) is 0 Å². The SMILES string of the molecule is CNSCCNC(=O)c1noc2c1CN(c1ncnc3[nH]ccc13)CC2. The maximum atomic E-state index is 12.4. The predicted molar refractivity (Wildman–Crippen MR) is 99.0 cm³/mol. The van der Waals surface area contributed by atoms with Crippen LogP contribution < -0.4 is 14.9 Å². The number of hydrogen-bond acceptors (Lipinski definition) is 8. The molecule has 136 valence electrons. The Morgan fingerprint density at radius 1 is 1.46 bits per heavy atom. The molecule has 0 aliphatic carbocycles. The number of carbonyl (C=O) groups is 1. The molecule has 0 saturated carbocycles. The minimum atomic E-state index is -0.206. The van der Waals surface area contributed by atoms with Crippen LogP contribution in [0.3, 0.4) is 0 Å². The average Bonchev–Trinajstić information content (AvgIpc) is 3.31. The van der Waals surface area contributed by atoms with E-state index in [2.05, 4.69) is 35.0 Å². The number of rotatable bonds is 6. The molecule has 4 rings (SSSR count). The molecule has 9 nitrogen and oxygen atoms in total.